The fourth-order valence-electron chi connectivity index (χ4n) is 3.05. The molecule has 8 heteroatoms. The summed E-state index contributed by atoms with van der Waals surface area (Å²) in [5.74, 6) is 3.11. The quantitative estimate of drug-likeness (QED) is 0.279. The molecule has 7 nitrogen and oxygen atoms in total. The van der Waals surface area contributed by atoms with E-state index in [2.05, 4.69) is 26.8 Å². The van der Waals surface area contributed by atoms with Gasteiger partial charge < -0.3 is 24.6 Å². The zero-order valence-electron chi connectivity index (χ0n) is 16.8. The molecule has 0 aliphatic carbocycles. The molecule has 2 heterocycles. The van der Waals surface area contributed by atoms with E-state index in [1.54, 1.807) is 0 Å². The van der Waals surface area contributed by atoms with Gasteiger partial charge in [-0.2, -0.15) is 0 Å². The van der Waals surface area contributed by atoms with Gasteiger partial charge in [-0.25, -0.2) is 4.99 Å². The predicted molar refractivity (Wildman–Crippen MR) is 126 cm³/mol. The van der Waals surface area contributed by atoms with Crippen molar-refractivity contribution in [1.29, 1.82) is 0 Å². The number of ether oxygens (including phenoxy) is 2. The molecule has 3 aromatic rings. The zero-order valence-corrected chi connectivity index (χ0v) is 19.1. The van der Waals surface area contributed by atoms with Gasteiger partial charge in [-0.05, 0) is 31.0 Å². The minimum absolute atomic E-state index is 0. The SMILES string of the molecule is CCNC(=NCc1cc(-c2ccccc2)on1)NCCc1ccc2c(c1)OCO2.I. The molecular formula is C22H25IN4O3. The van der Waals surface area contributed by atoms with Gasteiger partial charge in [0, 0.05) is 24.7 Å². The van der Waals surface area contributed by atoms with E-state index in [9.17, 15) is 0 Å². The van der Waals surface area contributed by atoms with Crippen molar-refractivity contribution in [1.82, 2.24) is 15.8 Å². The van der Waals surface area contributed by atoms with E-state index in [-0.39, 0.29) is 24.0 Å². The van der Waals surface area contributed by atoms with Crippen molar-refractivity contribution in [2.24, 2.45) is 4.99 Å². The molecule has 2 N–H and O–H groups in total. The summed E-state index contributed by atoms with van der Waals surface area (Å²) in [6.07, 6.45) is 0.850. The number of rotatable bonds is 7. The Kier molecular flexibility index (Phi) is 7.95. The number of nitrogens with one attached hydrogen (secondary N) is 2. The minimum Gasteiger partial charge on any atom is -0.454 e. The van der Waals surface area contributed by atoms with Crippen LogP contribution in [0.4, 0.5) is 0 Å². The summed E-state index contributed by atoms with van der Waals surface area (Å²) < 4.78 is 16.2. The number of halogens is 1. The van der Waals surface area contributed by atoms with Crippen LogP contribution < -0.4 is 20.1 Å². The predicted octanol–water partition coefficient (Wildman–Crippen LogP) is 3.99. The number of aliphatic imine (C=N–C) groups is 1. The lowest BCUT2D eigenvalue weighted by atomic mass is 10.1. The van der Waals surface area contributed by atoms with Crippen LogP contribution >= 0.6 is 24.0 Å². The molecule has 0 saturated carbocycles. The molecule has 1 aromatic heterocycles. The topological polar surface area (TPSA) is 80.9 Å². The molecule has 158 valence electrons. The fourth-order valence-corrected chi connectivity index (χ4v) is 3.05. The molecule has 0 atom stereocenters. The lowest BCUT2D eigenvalue weighted by molar-refractivity contribution is 0.174. The Hall–Kier alpha value is -2.75. The maximum absolute atomic E-state index is 5.44. The van der Waals surface area contributed by atoms with Gasteiger partial charge in [0.2, 0.25) is 6.79 Å². The van der Waals surface area contributed by atoms with Crippen LogP contribution in [0.25, 0.3) is 11.3 Å². The summed E-state index contributed by atoms with van der Waals surface area (Å²) >= 11 is 0. The Bertz CT molecular complexity index is 976. The number of benzene rings is 2. The van der Waals surface area contributed by atoms with Crippen molar-refractivity contribution in [3.63, 3.8) is 0 Å². The third-order valence-corrected chi connectivity index (χ3v) is 4.50. The summed E-state index contributed by atoms with van der Waals surface area (Å²) in [6.45, 7) is 4.31. The second-order valence-corrected chi connectivity index (χ2v) is 6.61. The van der Waals surface area contributed by atoms with E-state index in [1.807, 2.05) is 55.5 Å². The van der Waals surface area contributed by atoms with Gasteiger partial charge in [-0.15, -0.1) is 24.0 Å². The Morgan fingerprint density at radius 1 is 1.03 bits per heavy atom. The summed E-state index contributed by atoms with van der Waals surface area (Å²) in [6, 6.07) is 17.9. The van der Waals surface area contributed by atoms with Gasteiger partial charge in [0.25, 0.3) is 0 Å². The van der Waals surface area contributed by atoms with Crippen molar-refractivity contribution < 1.29 is 14.0 Å². The Morgan fingerprint density at radius 3 is 2.70 bits per heavy atom. The molecule has 0 unspecified atom stereocenters. The smallest absolute Gasteiger partial charge is 0.231 e. The molecular weight excluding hydrogens is 495 g/mol. The Balaban J connectivity index is 0.00000256. The third-order valence-electron chi connectivity index (χ3n) is 4.50. The van der Waals surface area contributed by atoms with Gasteiger partial charge in [-0.1, -0.05) is 41.6 Å². The largest absolute Gasteiger partial charge is 0.454 e. The van der Waals surface area contributed by atoms with E-state index >= 15 is 0 Å². The van der Waals surface area contributed by atoms with Crippen LogP contribution in [-0.4, -0.2) is 31.0 Å². The molecule has 0 amide bonds. The van der Waals surface area contributed by atoms with E-state index < -0.39 is 0 Å². The Morgan fingerprint density at radius 2 is 1.87 bits per heavy atom. The average molecular weight is 520 g/mol. The van der Waals surface area contributed by atoms with Crippen LogP contribution in [0.2, 0.25) is 0 Å². The standard InChI is InChI=1S/C22H24N4O3.HI/c1-2-23-22(24-11-10-16-8-9-19-21(12-16)28-15-27-19)25-14-18-13-20(29-26-18)17-6-4-3-5-7-17;/h3-9,12-13H,2,10-11,14-15H2,1H3,(H2,23,24,25);1H. The van der Waals surface area contributed by atoms with Crippen molar-refractivity contribution >= 4 is 29.9 Å². The number of hydrogen-bond acceptors (Lipinski definition) is 5. The van der Waals surface area contributed by atoms with Crippen LogP contribution in [0.15, 0.2) is 64.1 Å². The normalized spacial score (nSPS) is 12.4. The molecule has 0 spiro atoms. The highest BCUT2D eigenvalue weighted by Crippen LogP contribution is 2.32. The van der Waals surface area contributed by atoms with Gasteiger partial charge in [0.15, 0.2) is 23.2 Å². The zero-order chi connectivity index (χ0) is 19.9. The van der Waals surface area contributed by atoms with Crippen molar-refractivity contribution in [2.75, 3.05) is 19.9 Å². The van der Waals surface area contributed by atoms with Gasteiger partial charge in [0.05, 0.1) is 6.54 Å². The van der Waals surface area contributed by atoms with Crippen LogP contribution in [-0.2, 0) is 13.0 Å². The van der Waals surface area contributed by atoms with Gasteiger partial charge in [0.1, 0.15) is 5.69 Å². The maximum Gasteiger partial charge on any atom is 0.231 e. The fraction of sp³-hybridized carbons (Fsp3) is 0.273. The van der Waals surface area contributed by atoms with Gasteiger partial charge >= 0.3 is 0 Å². The first-order valence-electron chi connectivity index (χ1n) is 9.73. The van der Waals surface area contributed by atoms with Crippen molar-refractivity contribution in [3.05, 3.63) is 65.9 Å². The summed E-state index contributed by atoms with van der Waals surface area (Å²) in [4.78, 5) is 4.61. The molecule has 0 bridgehead atoms. The summed E-state index contributed by atoms with van der Waals surface area (Å²) in [7, 11) is 0. The van der Waals surface area contributed by atoms with Crippen molar-refractivity contribution in [2.45, 2.75) is 19.9 Å². The monoisotopic (exact) mass is 520 g/mol. The van der Waals surface area contributed by atoms with Crippen LogP contribution in [0.3, 0.4) is 0 Å². The maximum atomic E-state index is 5.44. The average Bonchev–Trinajstić information content (AvgIpc) is 3.42. The van der Waals surface area contributed by atoms with E-state index in [1.165, 1.54) is 5.56 Å². The number of fused-ring (bicyclic) bond motifs is 1. The van der Waals surface area contributed by atoms with E-state index in [4.69, 9.17) is 14.0 Å². The molecule has 1 aliphatic rings. The van der Waals surface area contributed by atoms with Crippen LogP contribution in [0, 0.1) is 0 Å². The molecule has 0 saturated heterocycles. The second-order valence-electron chi connectivity index (χ2n) is 6.61. The molecule has 0 radical (unpaired) electrons. The minimum atomic E-state index is 0. The second kappa shape index (κ2) is 10.9. The number of guanidine groups is 1. The first kappa shape index (κ1) is 21.9. The third kappa shape index (κ3) is 5.65. The van der Waals surface area contributed by atoms with E-state index in [0.29, 0.717) is 13.3 Å². The van der Waals surface area contributed by atoms with Crippen LogP contribution in [0.5, 0.6) is 11.5 Å². The van der Waals surface area contributed by atoms with Crippen molar-refractivity contribution in [3.8, 4) is 22.8 Å². The van der Waals surface area contributed by atoms with Gasteiger partial charge in [-0.3, -0.25) is 0 Å². The first-order valence-corrected chi connectivity index (χ1v) is 9.73. The highest BCUT2D eigenvalue weighted by atomic mass is 127. The lowest BCUT2D eigenvalue weighted by Gasteiger charge is -2.11. The van der Waals surface area contributed by atoms with E-state index in [0.717, 1.165) is 54.0 Å². The molecule has 0 fully saturated rings. The molecule has 4 rings (SSSR count). The number of aromatic nitrogens is 1. The first-order chi connectivity index (χ1) is 14.3. The number of nitrogens with zero attached hydrogens (tertiary/aromatic N) is 2. The number of hydrogen-bond donors (Lipinski definition) is 2. The highest BCUT2D eigenvalue weighted by molar-refractivity contribution is 14.0. The summed E-state index contributed by atoms with van der Waals surface area (Å²) in [5, 5.41) is 10.7. The highest BCUT2D eigenvalue weighted by Gasteiger charge is 2.13. The molecule has 1 aliphatic heterocycles. The Labute approximate surface area is 192 Å². The summed E-state index contributed by atoms with van der Waals surface area (Å²) in [5.41, 5.74) is 2.97. The lowest BCUT2D eigenvalue weighted by Crippen LogP contribution is -2.38. The molecule has 2 aromatic carbocycles. The molecule has 30 heavy (non-hydrogen) atoms. The van der Waals surface area contributed by atoms with Crippen LogP contribution in [0.1, 0.15) is 18.2 Å².